The Kier molecular flexibility index (Phi) is 3.98. The van der Waals surface area contributed by atoms with Crippen molar-refractivity contribution in [1.82, 2.24) is 0 Å². The van der Waals surface area contributed by atoms with Crippen LogP contribution in [0.15, 0.2) is 18.2 Å². The van der Waals surface area contributed by atoms with Gasteiger partial charge >= 0.3 is 0 Å². The van der Waals surface area contributed by atoms with E-state index in [2.05, 4.69) is 5.32 Å². The fraction of sp³-hybridized carbons (Fsp3) is 0.455. The molecule has 0 heterocycles. The second-order valence-corrected chi connectivity index (χ2v) is 4.00. The van der Waals surface area contributed by atoms with E-state index in [0.717, 1.165) is 0 Å². The lowest BCUT2D eigenvalue weighted by Gasteiger charge is -2.27. The van der Waals surface area contributed by atoms with Gasteiger partial charge in [0.25, 0.3) is 0 Å². The second-order valence-electron chi connectivity index (χ2n) is 4.00. The van der Waals surface area contributed by atoms with Crippen LogP contribution in [0, 0.1) is 0 Å². The Morgan fingerprint density at radius 3 is 2.44 bits per heavy atom. The molecule has 1 aromatic rings. The van der Waals surface area contributed by atoms with Gasteiger partial charge in [0.2, 0.25) is 0 Å². The summed E-state index contributed by atoms with van der Waals surface area (Å²) in [5.41, 5.74) is 6.17. The minimum absolute atomic E-state index is 0.180. The molecular formula is C11H18N2O3. The number of rotatable bonds is 5. The van der Waals surface area contributed by atoms with Crippen molar-refractivity contribution in [2.45, 2.75) is 12.5 Å². The smallest absolute Gasteiger partial charge is 0.122 e. The SMILES string of the molecule is COc1cc(N)cc(NC(C)(CO)CO)c1. The van der Waals surface area contributed by atoms with E-state index in [1.807, 2.05) is 0 Å². The molecule has 0 unspecified atom stereocenters. The Morgan fingerprint density at radius 2 is 1.94 bits per heavy atom. The van der Waals surface area contributed by atoms with Gasteiger partial charge in [-0.15, -0.1) is 0 Å². The third-order valence-corrected chi connectivity index (χ3v) is 2.31. The fourth-order valence-corrected chi connectivity index (χ4v) is 1.29. The lowest BCUT2D eigenvalue weighted by molar-refractivity contribution is 0.147. The number of ether oxygens (including phenoxy) is 1. The Balaban J connectivity index is 2.92. The fourth-order valence-electron chi connectivity index (χ4n) is 1.29. The van der Waals surface area contributed by atoms with Crippen LogP contribution in [0.4, 0.5) is 11.4 Å². The summed E-state index contributed by atoms with van der Waals surface area (Å²) in [5, 5.41) is 21.3. The van der Waals surface area contributed by atoms with Crippen molar-refractivity contribution < 1.29 is 14.9 Å². The molecule has 0 aliphatic rings. The third kappa shape index (κ3) is 3.01. The molecule has 0 aromatic heterocycles. The van der Waals surface area contributed by atoms with Gasteiger partial charge in [-0.2, -0.15) is 0 Å². The molecule has 5 nitrogen and oxygen atoms in total. The van der Waals surface area contributed by atoms with Crippen LogP contribution in [-0.2, 0) is 0 Å². The van der Waals surface area contributed by atoms with Crippen LogP contribution in [0.3, 0.4) is 0 Å². The Hall–Kier alpha value is -1.46. The third-order valence-electron chi connectivity index (χ3n) is 2.31. The van der Waals surface area contributed by atoms with Crippen molar-refractivity contribution in [3.05, 3.63) is 18.2 Å². The highest BCUT2D eigenvalue weighted by Gasteiger charge is 2.22. The summed E-state index contributed by atoms with van der Waals surface area (Å²) in [5.74, 6) is 0.626. The first-order valence-electron chi connectivity index (χ1n) is 4.97. The Bertz CT molecular complexity index is 351. The van der Waals surface area contributed by atoms with Gasteiger partial charge in [-0.3, -0.25) is 0 Å². The molecule has 5 N–H and O–H groups in total. The van der Waals surface area contributed by atoms with Gasteiger partial charge in [0.05, 0.1) is 25.9 Å². The van der Waals surface area contributed by atoms with Crippen LogP contribution in [0.2, 0.25) is 0 Å². The van der Waals surface area contributed by atoms with Gasteiger partial charge < -0.3 is 26.0 Å². The van der Waals surface area contributed by atoms with Gasteiger partial charge in [-0.1, -0.05) is 0 Å². The summed E-state index contributed by atoms with van der Waals surface area (Å²) in [6, 6.07) is 5.16. The number of anilines is 2. The average molecular weight is 226 g/mol. The first kappa shape index (κ1) is 12.6. The van der Waals surface area contributed by atoms with Gasteiger partial charge in [-0.25, -0.2) is 0 Å². The molecule has 90 valence electrons. The average Bonchev–Trinajstić information content (AvgIpc) is 2.28. The number of benzene rings is 1. The summed E-state index contributed by atoms with van der Waals surface area (Å²) < 4.78 is 5.07. The molecule has 0 spiro atoms. The van der Waals surface area contributed by atoms with Gasteiger partial charge in [0.15, 0.2) is 0 Å². The van der Waals surface area contributed by atoms with Crippen LogP contribution in [-0.4, -0.2) is 36.1 Å². The second kappa shape index (κ2) is 5.05. The van der Waals surface area contributed by atoms with Gasteiger partial charge in [0, 0.05) is 23.5 Å². The quantitative estimate of drug-likeness (QED) is 0.547. The van der Waals surface area contributed by atoms with Crippen LogP contribution in [0.25, 0.3) is 0 Å². The molecule has 0 atom stereocenters. The number of nitrogen functional groups attached to an aromatic ring is 1. The summed E-state index contributed by atoms with van der Waals surface area (Å²) in [6.45, 7) is 1.35. The molecule has 1 aromatic carbocycles. The van der Waals surface area contributed by atoms with E-state index in [-0.39, 0.29) is 13.2 Å². The van der Waals surface area contributed by atoms with Crippen molar-refractivity contribution in [3.63, 3.8) is 0 Å². The monoisotopic (exact) mass is 226 g/mol. The van der Waals surface area contributed by atoms with Gasteiger partial charge in [0.1, 0.15) is 5.75 Å². The van der Waals surface area contributed by atoms with Crippen molar-refractivity contribution in [3.8, 4) is 5.75 Å². The molecule has 0 saturated carbocycles. The molecule has 5 heteroatoms. The molecule has 0 saturated heterocycles. The molecule has 0 bridgehead atoms. The van der Waals surface area contributed by atoms with E-state index in [1.54, 1.807) is 32.2 Å². The number of methoxy groups -OCH3 is 1. The Labute approximate surface area is 94.8 Å². The number of aliphatic hydroxyl groups excluding tert-OH is 2. The van der Waals surface area contributed by atoms with Crippen molar-refractivity contribution >= 4 is 11.4 Å². The molecule has 0 amide bonds. The van der Waals surface area contributed by atoms with E-state index in [4.69, 9.17) is 20.7 Å². The lowest BCUT2D eigenvalue weighted by Crippen LogP contribution is -2.42. The summed E-state index contributed by atoms with van der Waals surface area (Å²) in [4.78, 5) is 0. The molecule has 16 heavy (non-hydrogen) atoms. The zero-order valence-corrected chi connectivity index (χ0v) is 9.53. The number of hydrogen-bond donors (Lipinski definition) is 4. The highest BCUT2D eigenvalue weighted by atomic mass is 16.5. The van der Waals surface area contributed by atoms with Crippen LogP contribution in [0.5, 0.6) is 5.75 Å². The molecule has 0 aliphatic carbocycles. The van der Waals surface area contributed by atoms with Crippen LogP contribution >= 0.6 is 0 Å². The minimum Gasteiger partial charge on any atom is -0.497 e. The number of aliphatic hydroxyl groups is 2. The number of hydrogen-bond acceptors (Lipinski definition) is 5. The molecule has 0 fully saturated rings. The summed E-state index contributed by atoms with van der Waals surface area (Å²) in [6.07, 6.45) is 0. The maximum absolute atomic E-state index is 9.16. The number of nitrogens with one attached hydrogen (secondary N) is 1. The first-order valence-corrected chi connectivity index (χ1v) is 4.97. The van der Waals surface area contributed by atoms with E-state index < -0.39 is 5.54 Å². The van der Waals surface area contributed by atoms with Crippen LogP contribution in [0.1, 0.15) is 6.92 Å². The van der Waals surface area contributed by atoms with Crippen molar-refractivity contribution in [2.24, 2.45) is 0 Å². The zero-order valence-electron chi connectivity index (χ0n) is 9.53. The summed E-state index contributed by atoms with van der Waals surface area (Å²) >= 11 is 0. The van der Waals surface area contributed by atoms with Crippen molar-refractivity contribution in [2.75, 3.05) is 31.4 Å². The number of nitrogens with two attached hydrogens (primary N) is 1. The standard InChI is InChI=1S/C11H18N2O3/c1-11(6-14,7-15)13-9-3-8(12)4-10(5-9)16-2/h3-5,13-15H,6-7,12H2,1-2H3. The molecule has 0 radical (unpaired) electrons. The Morgan fingerprint density at radius 1 is 1.31 bits per heavy atom. The van der Waals surface area contributed by atoms with Crippen LogP contribution < -0.4 is 15.8 Å². The maximum Gasteiger partial charge on any atom is 0.122 e. The highest BCUT2D eigenvalue weighted by molar-refractivity contribution is 5.60. The highest BCUT2D eigenvalue weighted by Crippen LogP contribution is 2.24. The van der Waals surface area contributed by atoms with E-state index in [9.17, 15) is 0 Å². The normalized spacial score (nSPS) is 11.2. The minimum atomic E-state index is -0.779. The van der Waals surface area contributed by atoms with Gasteiger partial charge in [-0.05, 0) is 13.0 Å². The largest absolute Gasteiger partial charge is 0.497 e. The predicted molar refractivity (Wildman–Crippen MR) is 63.6 cm³/mol. The first-order chi connectivity index (χ1) is 7.53. The zero-order chi connectivity index (χ0) is 12.2. The van der Waals surface area contributed by atoms with Crippen molar-refractivity contribution in [1.29, 1.82) is 0 Å². The maximum atomic E-state index is 9.16. The molecular weight excluding hydrogens is 208 g/mol. The van der Waals surface area contributed by atoms with E-state index in [1.165, 1.54) is 0 Å². The lowest BCUT2D eigenvalue weighted by atomic mass is 10.0. The molecule has 1 rings (SSSR count). The predicted octanol–water partition coefficient (Wildman–Crippen LogP) is 0.433. The topological polar surface area (TPSA) is 87.7 Å². The summed E-state index contributed by atoms with van der Waals surface area (Å²) in [7, 11) is 1.55. The van der Waals surface area contributed by atoms with E-state index >= 15 is 0 Å². The molecule has 0 aliphatic heterocycles. The van der Waals surface area contributed by atoms with E-state index in [0.29, 0.717) is 17.1 Å².